The Morgan fingerprint density at radius 1 is 1.36 bits per heavy atom. The number of carbonyl (C=O) groups is 3. The van der Waals surface area contributed by atoms with Crippen molar-refractivity contribution in [1.82, 2.24) is 10.3 Å². The minimum Gasteiger partial charge on any atom is -0.478 e. The molecule has 22 heavy (non-hydrogen) atoms. The number of aromatic carboxylic acids is 1. The predicted molar refractivity (Wildman–Crippen MR) is 80.5 cm³/mol. The number of rotatable bonds is 7. The van der Waals surface area contributed by atoms with Crippen LogP contribution < -0.4 is 11.1 Å². The van der Waals surface area contributed by atoms with Crippen molar-refractivity contribution in [2.45, 2.75) is 39.7 Å². The van der Waals surface area contributed by atoms with Gasteiger partial charge in [-0.15, -0.1) is 0 Å². The Hall–Kier alpha value is -2.44. The van der Waals surface area contributed by atoms with Crippen molar-refractivity contribution < 1.29 is 19.5 Å². The van der Waals surface area contributed by atoms with E-state index in [9.17, 15) is 19.5 Å². The number of amides is 2. The van der Waals surface area contributed by atoms with E-state index in [1.54, 1.807) is 13.8 Å². The molecule has 1 aromatic rings. The number of aryl methyl sites for hydroxylation is 1. The van der Waals surface area contributed by atoms with Crippen LogP contribution in [-0.2, 0) is 11.2 Å². The smallest absolute Gasteiger partial charge is 0.338 e. The second-order valence-corrected chi connectivity index (χ2v) is 5.31. The highest BCUT2D eigenvalue weighted by Crippen LogP contribution is 2.12. The van der Waals surface area contributed by atoms with Crippen LogP contribution in [0.5, 0.6) is 0 Å². The Bertz CT molecular complexity index is 586. The van der Waals surface area contributed by atoms with Gasteiger partial charge < -0.3 is 16.2 Å². The van der Waals surface area contributed by atoms with E-state index in [2.05, 4.69) is 10.3 Å². The molecule has 0 saturated carbocycles. The molecule has 7 nitrogen and oxygen atoms in total. The van der Waals surface area contributed by atoms with Crippen LogP contribution in [0.3, 0.4) is 0 Å². The molecule has 0 aliphatic carbocycles. The Balaban J connectivity index is 2.93. The maximum atomic E-state index is 12.2. The molecule has 0 aliphatic rings. The molecule has 1 heterocycles. The average molecular weight is 307 g/mol. The molecule has 2 unspecified atom stereocenters. The molecule has 0 fully saturated rings. The summed E-state index contributed by atoms with van der Waals surface area (Å²) in [6.07, 6.45) is 2.25. The lowest BCUT2D eigenvalue weighted by Crippen LogP contribution is -2.39. The van der Waals surface area contributed by atoms with E-state index in [0.717, 1.165) is 5.56 Å². The van der Waals surface area contributed by atoms with Crippen LogP contribution in [0.4, 0.5) is 0 Å². The van der Waals surface area contributed by atoms with Crippen molar-refractivity contribution in [2.24, 2.45) is 11.7 Å². The molecular weight excluding hydrogens is 286 g/mol. The number of carbonyl (C=O) groups excluding carboxylic acids is 2. The summed E-state index contributed by atoms with van der Waals surface area (Å²) in [5.41, 5.74) is 5.60. The van der Waals surface area contributed by atoms with Gasteiger partial charge in [0.2, 0.25) is 5.91 Å². The van der Waals surface area contributed by atoms with E-state index in [1.165, 1.54) is 12.3 Å². The lowest BCUT2D eigenvalue weighted by atomic mass is 9.99. The van der Waals surface area contributed by atoms with Crippen molar-refractivity contribution in [3.8, 4) is 0 Å². The van der Waals surface area contributed by atoms with Crippen LogP contribution >= 0.6 is 0 Å². The zero-order valence-electron chi connectivity index (χ0n) is 12.9. The molecule has 1 aromatic heterocycles. The van der Waals surface area contributed by atoms with E-state index in [4.69, 9.17) is 5.73 Å². The van der Waals surface area contributed by atoms with Gasteiger partial charge in [-0.2, -0.15) is 0 Å². The van der Waals surface area contributed by atoms with Gasteiger partial charge in [0.25, 0.3) is 5.91 Å². The summed E-state index contributed by atoms with van der Waals surface area (Å²) in [6.45, 7) is 5.38. The molecule has 0 radical (unpaired) electrons. The standard InChI is InChI=1S/C15H21N3O4/c1-4-10-6-11(15(21)22)13(17-7-10)14(20)18-9(3)8(2)5-12(16)19/h6-9H,4-5H2,1-3H3,(H2,16,19)(H,18,20)(H,21,22). The SMILES string of the molecule is CCc1cnc(C(=O)NC(C)C(C)CC(N)=O)c(C(=O)O)c1. The van der Waals surface area contributed by atoms with Crippen molar-refractivity contribution in [2.75, 3.05) is 0 Å². The van der Waals surface area contributed by atoms with Crippen LogP contribution in [0.15, 0.2) is 12.3 Å². The number of pyridine rings is 1. The maximum absolute atomic E-state index is 12.2. The fraction of sp³-hybridized carbons (Fsp3) is 0.467. The Morgan fingerprint density at radius 2 is 2.00 bits per heavy atom. The average Bonchev–Trinajstić information content (AvgIpc) is 2.45. The number of aromatic nitrogens is 1. The van der Waals surface area contributed by atoms with E-state index < -0.39 is 17.8 Å². The van der Waals surface area contributed by atoms with Crippen LogP contribution in [0.2, 0.25) is 0 Å². The van der Waals surface area contributed by atoms with Crippen molar-refractivity contribution in [3.05, 3.63) is 29.1 Å². The molecule has 4 N–H and O–H groups in total. The number of carboxylic acid groups (broad SMARTS) is 1. The van der Waals surface area contributed by atoms with Crippen LogP contribution in [0.1, 0.15) is 53.6 Å². The number of hydrogen-bond acceptors (Lipinski definition) is 4. The second-order valence-electron chi connectivity index (χ2n) is 5.31. The predicted octanol–water partition coefficient (Wildman–Crippen LogP) is 0.972. The fourth-order valence-corrected chi connectivity index (χ4v) is 1.96. The minimum atomic E-state index is -1.20. The number of nitrogens with zero attached hydrogens (tertiary/aromatic N) is 1. The fourth-order valence-electron chi connectivity index (χ4n) is 1.96. The van der Waals surface area contributed by atoms with Gasteiger partial charge in [0.15, 0.2) is 0 Å². The van der Waals surface area contributed by atoms with Crippen molar-refractivity contribution >= 4 is 17.8 Å². The summed E-state index contributed by atoms with van der Waals surface area (Å²) < 4.78 is 0. The summed E-state index contributed by atoms with van der Waals surface area (Å²) in [7, 11) is 0. The van der Waals surface area contributed by atoms with Crippen LogP contribution in [0, 0.1) is 5.92 Å². The van der Waals surface area contributed by atoms with E-state index in [0.29, 0.717) is 6.42 Å². The van der Waals surface area contributed by atoms with E-state index in [-0.39, 0.29) is 29.6 Å². The number of nitrogens with two attached hydrogens (primary N) is 1. The quantitative estimate of drug-likeness (QED) is 0.692. The number of hydrogen-bond donors (Lipinski definition) is 3. The molecule has 0 saturated heterocycles. The van der Waals surface area contributed by atoms with Crippen molar-refractivity contribution in [3.63, 3.8) is 0 Å². The first-order valence-electron chi connectivity index (χ1n) is 7.07. The first-order chi connectivity index (χ1) is 10.3. The summed E-state index contributed by atoms with van der Waals surface area (Å²) in [5, 5.41) is 11.9. The zero-order chi connectivity index (χ0) is 16.9. The summed E-state index contributed by atoms with van der Waals surface area (Å²) in [4.78, 5) is 38.4. The lowest BCUT2D eigenvalue weighted by Gasteiger charge is -2.20. The Labute approximate surface area is 128 Å². The van der Waals surface area contributed by atoms with Crippen LogP contribution in [0.25, 0.3) is 0 Å². The van der Waals surface area contributed by atoms with Gasteiger partial charge >= 0.3 is 5.97 Å². The molecule has 0 spiro atoms. The molecule has 0 aliphatic heterocycles. The molecule has 0 bridgehead atoms. The van der Waals surface area contributed by atoms with Gasteiger partial charge in [-0.05, 0) is 30.9 Å². The third kappa shape index (κ3) is 4.54. The van der Waals surface area contributed by atoms with Crippen LogP contribution in [-0.4, -0.2) is 33.9 Å². The largest absolute Gasteiger partial charge is 0.478 e. The summed E-state index contributed by atoms with van der Waals surface area (Å²) >= 11 is 0. The third-order valence-electron chi connectivity index (χ3n) is 3.53. The highest BCUT2D eigenvalue weighted by Gasteiger charge is 2.22. The van der Waals surface area contributed by atoms with E-state index >= 15 is 0 Å². The molecular formula is C15H21N3O4. The Morgan fingerprint density at radius 3 is 2.50 bits per heavy atom. The highest BCUT2D eigenvalue weighted by atomic mass is 16.4. The van der Waals surface area contributed by atoms with Gasteiger partial charge in [0.1, 0.15) is 5.69 Å². The van der Waals surface area contributed by atoms with Gasteiger partial charge in [-0.3, -0.25) is 9.59 Å². The summed E-state index contributed by atoms with van der Waals surface area (Å²) in [5.74, 6) is -2.40. The summed E-state index contributed by atoms with van der Waals surface area (Å²) in [6, 6.07) is 1.11. The minimum absolute atomic E-state index is 0.133. The number of nitrogens with one attached hydrogen (secondary N) is 1. The molecule has 120 valence electrons. The second kappa shape index (κ2) is 7.53. The number of primary amides is 1. The number of carboxylic acids is 1. The molecule has 7 heteroatoms. The molecule has 2 atom stereocenters. The molecule has 0 aromatic carbocycles. The van der Waals surface area contributed by atoms with Gasteiger partial charge in [-0.25, -0.2) is 9.78 Å². The van der Waals surface area contributed by atoms with Gasteiger partial charge in [-0.1, -0.05) is 13.8 Å². The zero-order valence-corrected chi connectivity index (χ0v) is 12.9. The third-order valence-corrected chi connectivity index (χ3v) is 3.53. The molecule has 1 rings (SSSR count). The highest BCUT2D eigenvalue weighted by molar-refractivity contribution is 6.03. The van der Waals surface area contributed by atoms with Gasteiger partial charge in [0, 0.05) is 18.7 Å². The van der Waals surface area contributed by atoms with E-state index in [1.807, 2.05) is 6.92 Å². The normalized spacial score (nSPS) is 13.2. The van der Waals surface area contributed by atoms with Gasteiger partial charge in [0.05, 0.1) is 5.56 Å². The topological polar surface area (TPSA) is 122 Å². The molecule has 2 amide bonds. The lowest BCUT2D eigenvalue weighted by molar-refractivity contribution is -0.119. The monoisotopic (exact) mass is 307 g/mol. The first kappa shape index (κ1) is 17.6. The maximum Gasteiger partial charge on any atom is 0.338 e. The van der Waals surface area contributed by atoms with Crippen molar-refractivity contribution in [1.29, 1.82) is 0 Å². The Kier molecular flexibility index (Phi) is 6.03. The first-order valence-corrected chi connectivity index (χ1v) is 7.07.